The Morgan fingerprint density at radius 2 is 2.00 bits per heavy atom. The topological polar surface area (TPSA) is 78.0 Å². The molecule has 2 unspecified atom stereocenters. The standard InChI is InChI=1S/C14H21N3O2S/c1-4-17-14-8-6-5-7-11(14)13(16-17)9-12(15)10(2)20(3,18)19/h5-8,10,12H,4,9,15H2,1-3H3. The summed E-state index contributed by atoms with van der Waals surface area (Å²) in [6.07, 6.45) is 1.68. The molecular formula is C14H21N3O2S. The van der Waals surface area contributed by atoms with Crippen LogP contribution in [0.4, 0.5) is 0 Å². The molecule has 0 aliphatic heterocycles. The fraction of sp³-hybridized carbons (Fsp3) is 0.500. The summed E-state index contributed by atoms with van der Waals surface area (Å²) in [7, 11) is -3.13. The Kier molecular flexibility index (Phi) is 4.15. The van der Waals surface area contributed by atoms with E-state index in [0.717, 1.165) is 23.1 Å². The van der Waals surface area contributed by atoms with Crippen molar-refractivity contribution in [3.63, 3.8) is 0 Å². The van der Waals surface area contributed by atoms with Crippen molar-refractivity contribution in [3.8, 4) is 0 Å². The number of hydrogen-bond acceptors (Lipinski definition) is 4. The molecule has 5 nitrogen and oxygen atoms in total. The summed E-state index contributed by atoms with van der Waals surface area (Å²) in [5, 5.41) is 5.02. The summed E-state index contributed by atoms with van der Waals surface area (Å²) in [6, 6.07) is 7.49. The van der Waals surface area contributed by atoms with Gasteiger partial charge in [-0.05, 0) is 19.9 Å². The summed E-state index contributed by atoms with van der Waals surface area (Å²) in [6.45, 7) is 4.46. The summed E-state index contributed by atoms with van der Waals surface area (Å²) >= 11 is 0. The van der Waals surface area contributed by atoms with Gasteiger partial charge in [-0.3, -0.25) is 4.68 Å². The van der Waals surface area contributed by atoms with Crippen molar-refractivity contribution in [2.75, 3.05) is 6.26 Å². The Labute approximate surface area is 119 Å². The first-order chi connectivity index (χ1) is 9.34. The second-order valence-electron chi connectivity index (χ2n) is 5.18. The fourth-order valence-electron chi connectivity index (χ4n) is 2.29. The molecule has 0 fully saturated rings. The van der Waals surface area contributed by atoms with Gasteiger partial charge in [-0.15, -0.1) is 0 Å². The summed E-state index contributed by atoms with van der Waals surface area (Å²) < 4.78 is 25.1. The van der Waals surface area contributed by atoms with E-state index in [1.54, 1.807) is 6.92 Å². The summed E-state index contributed by atoms with van der Waals surface area (Å²) in [5.74, 6) is 0. The molecule has 1 aromatic carbocycles. The number of nitrogens with zero attached hydrogens (tertiary/aromatic N) is 2. The van der Waals surface area contributed by atoms with E-state index in [2.05, 4.69) is 5.10 Å². The van der Waals surface area contributed by atoms with Crippen LogP contribution < -0.4 is 5.73 Å². The second-order valence-corrected chi connectivity index (χ2v) is 7.58. The first-order valence-electron chi connectivity index (χ1n) is 6.73. The number of hydrogen-bond donors (Lipinski definition) is 1. The maximum Gasteiger partial charge on any atom is 0.151 e. The predicted octanol–water partition coefficient (Wildman–Crippen LogP) is 1.36. The van der Waals surface area contributed by atoms with Crippen LogP contribution in [0.3, 0.4) is 0 Å². The van der Waals surface area contributed by atoms with Crippen molar-refractivity contribution in [2.24, 2.45) is 5.73 Å². The van der Waals surface area contributed by atoms with Crippen LogP contribution in [0.15, 0.2) is 24.3 Å². The van der Waals surface area contributed by atoms with Gasteiger partial charge >= 0.3 is 0 Å². The van der Waals surface area contributed by atoms with Gasteiger partial charge in [0.1, 0.15) is 0 Å². The minimum absolute atomic E-state index is 0.450. The van der Waals surface area contributed by atoms with Gasteiger partial charge in [0.15, 0.2) is 9.84 Å². The first kappa shape index (κ1) is 15.0. The highest BCUT2D eigenvalue weighted by molar-refractivity contribution is 7.91. The molecule has 2 rings (SSSR count). The molecule has 0 radical (unpaired) electrons. The molecule has 6 heteroatoms. The van der Waals surface area contributed by atoms with Gasteiger partial charge in [0.25, 0.3) is 0 Å². The smallest absolute Gasteiger partial charge is 0.151 e. The van der Waals surface area contributed by atoms with Crippen LogP contribution in [0, 0.1) is 0 Å². The summed E-state index contributed by atoms with van der Waals surface area (Å²) in [5.41, 5.74) is 7.97. The molecular weight excluding hydrogens is 274 g/mol. The SMILES string of the molecule is CCn1nc(CC(N)C(C)S(C)(=O)=O)c2ccccc21. The zero-order chi connectivity index (χ0) is 14.9. The lowest BCUT2D eigenvalue weighted by Gasteiger charge is -2.17. The zero-order valence-electron chi connectivity index (χ0n) is 12.1. The van der Waals surface area contributed by atoms with E-state index in [-0.39, 0.29) is 0 Å². The van der Waals surface area contributed by atoms with E-state index >= 15 is 0 Å². The largest absolute Gasteiger partial charge is 0.326 e. The highest BCUT2D eigenvalue weighted by atomic mass is 32.2. The van der Waals surface area contributed by atoms with Crippen LogP contribution in [0.25, 0.3) is 10.9 Å². The lowest BCUT2D eigenvalue weighted by Crippen LogP contribution is -2.39. The molecule has 0 spiro atoms. The highest BCUT2D eigenvalue weighted by Crippen LogP contribution is 2.20. The van der Waals surface area contributed by atoms with E-state index < -0.39 is 21.1 Å². The molecule has 110 valence electrons. The van der Waals surface area contributed by atoms with Crippen LogP contribution in [0.1, 0.15) is 19.5 Å². The fourth-order valence-corrected chi connectivity index (χ4v) is 3.03. The number of sulfone groups is 1. The zero-order valence-corrected chi connectivity index (χ0v) is 12.9. The van der Waals surface area contributed by atoms with Crippen molar-refractivity contribution >= 4 is 20.7 Å². The number of rotatable bonds is 5. The normalized spacial score (nSPS) is 15.4. The molecule has 0 aliphatic carbocycles. The van der Waals surface area contributed by atoms with Crippen LogP contribution in [0.2, 0.25) is 0 Å². The van der Waals surface area contributed by atoms with E-state index in [9.17, 15) is 8.42 Å². The number of para-hydroxylation sites is 1. The van der Waals surface area contributed by atoms with E-state index in [0.29, 0.717) is 6.42 Å². The van der Waals surface area contributed by atoms with E-state index in [1.807, 2.05) is 35.9 Å². The minimum Gasteiger partial charge on any atom is -0.326 e. The quantitative estimate of drug-likeness (QED) is 0.903. The maximum absolute atomic E-state index is 11.6. The van der Waals surface area contributed by atoms with Gasteiger partial charge in [0.2, 0.25) is 0 Å². The lowest BCUT2D eigenvalue weighted by atomic mass is 10.1. The Morgan fingerprint density at radius 1 is 1.35 bits per heavy atom. The van der Waals surface area contributed by atoms with Gasteiger partial charge < -0.3 is 5.73 Å². The molecule has 2 atom stereocenters. The molecule has 0 saturated heterocycles. The number of nitrogens with two attached hydrogens (primary N) is 1. The molecule has 0 aliphatic rings. The Bertz CT molecular complexity index is 706. The third-order valence-corrected chi connectivity index (χ3v) is 5.44. The molecule has 1 aromatic heterocycles. The molecule has 20 heavy (non-hydrogen) atoms. The molecule has 2 aromatic rings. The predicted molar refractivity (Wildman–Crippen MR) is 81.4 cm³/mol. The van der Waals surface area contributed by atoms with Crippen LogP contribution in [-0.4, -0.2) is 35.7 Å². The van der Waals surface area contributed by atoms with Crippen LogP contribution >= 0.6 is 0 Å². The van der Waals surface area contributed by atoms with Crippen molar-refractivity contribution in [1.82, 2.24) is 9.78 Å². The van der Waals surface area contributed by atoms with Gasteiger partial charge in [-0.25, -0.2) is 8.42 Å². The minimum atomic E-state index is -3.13. The number of fused-ring (bicyclic) bond motifs is 1. The monoisotopic (exact) mass is 295 g/mol. The molecule has 0 amide bonds. The molecule has 0 bridgehead atoms. The average molecular weight is 295 g/mol. The van der Waals surface area contributed by atoms with Gasteiger partial charge in [-0.2, -0.15) is 5.10 Å². The second kappa shape index (κ2) is 5.54. The Balaban J connectivity index is 2.35. The number of aryl methyl sites for hydroxylation is 1. The number of aromatic nitrogens is 2. The average Bonchev–Trinajstić information content (AvgIpc) is 2.75. The molecule has 1 heterocycles. The lowest BCUT2D eigenvalue weighted by molar-refractivity contribution is 0.557. The Morgan fingerprint density at radius 3 is 2.60 bits per heavy atom. The van der Waals surface area contributed by atoms with E-state index in [1.165, 1.54) is 6.26 Å². The molecule has 0 saturated carbocycles. The number of benzene rings is 1. The van der Waals surface area contributed by atoms with Crippen LogP contribution in [-0.2, 0) is 22.8 Å². The Hall–Kier alpha value is -1.40. The van der Waals surface area contributed by atoms with Crippen molar-refractivity contribution < 1.29 is 8.42 Å². The van der Waals surface area contributed by atoms with Gasteiger partial charge in [0, 0.05) is 30.6 Å². The van der Waals surface area contributed by atoms with E-state index in [4.69, 9.17) is 5.73 Å². The maximum atomic E-state index is 11.6. The summed E-state index contributed by atoms with van der Waals surface area (Å²) in [4.78, 5) is 0. The third kappa shape index (κ3) is 2.86. The van der Waals surface area contributed by atoms with Crippen molar-refractivity contribution in [3.05, 3.63) is 30.0 Å². The van der Waals surface area contributed by atoms with Gasteiger partial charge in [0.05, 0.1) is 16.5 Å². The van der Waals surface area contributed by atoms with Crippen molar-refractivity contribution in [2.45, 2.75) is 38.1 Å². The van der Waals surface area contributed by atoms with Crippen LogP contribution in [0.5, 0.6) is 0 Å². The highest BCUT2D eigenvalue weighted by Gasteiger charge is 2.24. The van der Waals surface area contributed by atoms with Crippen molar-refractivity contribution in [1.29, 1.82) is 0 Å². The first-order valence-corrected chi connectivity index (χ1v) is 8.69. The third-order valence-electron chi connectivity index (χ3n) is 3.74. The van der Waals surface area contributed by atoms with Gasteiger partial charge in [-0.1, -0.05) is 18.2 Å². The molecule has 2 N–H and O–H groups in total.